The maximum absolute atomic E-state index is 4.89. The first-order valence-electron chi connectivity index (χ1n) is 10.3. The van der Waals surface area contributed by atoms with E-state index in [1.165, 1.54) is 27.9 Å². The van der Waals surface area contributed by atoms with Crippen LogP contribution in [0.4, 0.5) is 17.1 Å². The van der Waals surface area contributed by atoms with Gasteiger partial charge in [-0.05, 0) is 61.2 Å². The highest BCUT2D eigenvalue weighted by Gasteiger charge is 2.24. The number of rotatable bonds is 5. The third-order valence-corrected chi connectivity index (χ3v) is 5.79. The summed E-state index contributed by atoms with van der Waals surface area (Å²) in [5.41, 5.74) is 8.62. The van der Waals surface area contributed by atoms with E-state index in [0.717, 1.165) is 42.8 Å². The lowest BCUT2D eigenvalue weighted by Gasteiger charge is -2.22. The molecule has 29 heavy (non-hydrogen) atoms. The van der Waals surface area contributed by atoms with Gasteiger partial charge in [-0.3, -0.25) is 4.98 Å². The molecule has 0 saturated carbocycles. The minimum absolute atomic E-state index is 1.03. The van der Waals surface area contributed by atoms with Crippen molar-refractivity contribution in [1.82, 2.24) is 4.98 Å². The Morgan fingerprint density at radius 3 is 2.45 bits per heavy atom. The van der Waals surface area contributed by atoms with Crippen LogP contribution in [-0.2, 0) is 12.8 Å². The largest absolute Gasteiger partial charge is 0.370 e. The Morgan fingerprint density at radius 2 is 1.66 bits per heavy atom. The van der Waals surface area contributed by atoms with E-state index < -0.39 is 0 Å². The predicted octanol–water partition coefficient (Wildman–Crippen LogP) is 5.89. The summed E-state index contributed by atoms with van der Waals surface area (Å²) in [6.07, 6.45) is 2.14. The van der Waals surface area contributed by atoms with Gasteiger partial charge in [-0.25, -0.2) is 0 Å². The number of anilines is 3. The lowest BCUT2D eigenvalue weighted by molar-refractivity contribution is 0.814. The van der Waals surface area contributed by atoms with E-state index in [2.05, 4.69) is 89.9 Å². The Morgan fingerprint density at radius 1 is 0.897 bits per heavy atom. The summed E-state index contributed by atoms with van der Waals surface area (Å²) in [5, 5.41) is 4.78. The molecule has 5 rings (SSSR count). The molecule has 4 aromatic rings. The molecule has 0 saturated heterocycles. The molecule has 2 heterocycles. The molecule has 0 radical (unpaired) electrons. The average Bonchev–Trinajstić information content (AvgIpc) is 3.19. The summed E-state index contributed by atoms with van der Waals surface area (Å²) in [6, 6.07) is 27.6. The molecule has 1 aliphatic rings. The lowest BCUT2D eigenvalue weighted by atomic mass is 10.1. The van der Waals surface area contributed by atoms with Crippen molar-refractivity contribution in [1.29, 1.82) is 0 Å². The lowest BCUT2D eigenvalue weighted by Crippen LogP contribution is -2.23. The zero-order valence-electron chi connectivity index (χ0n) is 16.7. The molecule has 0 amide bonds. The number of hydrogen-bond donors (Lipinski definition) is 1. The number of fused-ring (bicyclic) bond motifs is 3. The normalized spacial score (nSPS) is 12.9. The fourth-order valence-corrected chi connectivity index (χ4v) is 4.32. The highest BCUT2D eigenvalue weighted by molar-refractivity contribution is 5.97. The Hall–Kier alpha value is -3.33. The van der Waals surface area contributed by atoms with E-state index in [-0.39, 0.29) is 0 Å². The van der Waals surface area contributed by atoms with Crippen LogP contribution in [0.5, 0.6) is 0 Å². The number of pyridine rings is 1. The predicted molar refractivity (Wildman–Crippen MR) is 122 cm³/mol. The maximum Gasteiger partial charge on any atom is 0.0727 e. The second kappa shape index (κ2) is 7.59. The zero-order valence-corrected chi connectivity index (χ0v) is 16.7. The maximum atomic E-state index is 4.89. The van der Waals surface area contributed by atoms with Gasteiger partial charge in [0.05, 0.1) is 11.2 Å². The second-order valence-electron chi connectivity index (χ2n) is 7.72. The van der Waals surface area contributed by atoms with Gasteiger partial charge in [-0.2, -0.15) is 0 Å². The first kappa shape index (κ1) is 17.7. The van der Waals surface area contributed by atoms with E-state index in [1.807, 2.05) is 6.07 Å². The third-order valence-electron chi connectivity index (χ3n) is 5.79. The summed E-state index contributed by atoms with van der Waals surface area (Å²) in [6.45, 7) is 4.25. The molecule has 1 aliphatic heterocycles. The van der Waals surface area contributed by atoms with Crippen molar-refractivity contribution in [2.75, 3.05) is 23.3 Å². The van der Waals surface area contributed by atoms with Gasteiger partial charge in [0.15, 0.2) is 0 Å². The molecule has 3 nitrogen and oxygen atoms in total. The van der Waals surface area contributed by atoms with Gasteiger partial charge in [0.25, 0.3) is 0 Å². The summed E-state index contributed by atoms with van der Waals surface area (Å²) in [4.78, 5) is 7.44. The SMILES string of the molecule is Cc1nc2ccc(Nc3ccccc3)cc2c2c1CCN2CCc1ccccc1. The van der Waals surface area contributed by atoms with Gasteiger partial charge in [0, 0.05) is 35.5 Å². The molecule has 3 heteroatoms. The van der Waals surface area contributed by atoms with Gasteiger partial charge >= 0.3 is 0 Å². The molecule has 1 N–H and O–H groups in total. The molecular weight excluding hydrogens is 354 g/mol. The topological polar surface area (TPSA) is 28.2 Å². The van der Waals surface area contributed by atoms with E-state index in [1.54, 1.807) is 0 Å². The second-order valence-corrected chi connectivity index (χ2v) is 7.72. The molecule has 0 aliphatic carbocycles. The van der Waals surface area contributed by atoms with Crippen LogP contribution in [0, 0.1) is 6.92 Å². The van der Waals surface area contributed by atoms with Gasteiger partial charge < -0.3 is 10.2 Å². The van der Waals surface area contributed by atoms with E-state index in [4.69, 9.17) is 4.98 Å². The van der Waals surface area contributed by atoms with Crippen LogP contribution >= 0.6 is 0 Å². The van der Waals surface area contributed by atoms with Gasteiger partial charge in [0.1, 0.15) is 0 Å². The molecule has 1 aromatic heterocycles. The van der Waals surface area contributed by atoms with Gasteiger partial charge in [-0.1, -0.05) is 48.5 Å². The van der Waals surface area contributed by atoms with E-state index >= 15 is 0 Å². The van der Waals surface area contributed by atoms with Crippen LogP contribution in [0.2, 0.25) is 0 Å². The Balaban J connectivity index is 1.50. The van der Waals surface area contributed by atoms with Crippen LogP contribution < -0.4 is 10.2 Å². The minimum Gasteiger partial charge on any atom is -0.370 e. The van der Waals surface area contributed by atoms with Gasteiger partial charge in [0.2, 0.25) is 0 Å². The van der Waals surface area contributed by atoms with Gasteiger partial charge in [-0.15, -0.1) is 0 Å². The van der Waals surface area contributed by atoms with Crippen molar-refractivity contribution in [2.24, 2.45) is 0 Å². The number of nitrogens with zero attached hydrogens (tertiary/aromatic N) is 2. The van der Waals surface area contributed by atoms with Crippen LogP contribution in [-0.4, -0.2) is 18.1 Å². The molecule has 0 unspecified atom stereocenters. The van der Waals surface area contributed by atoms with E-state index in [0.29, 0.717) is 0 Å². The smallest absolute Gasteiger partial charge is 0.0727 e. The zero-order chi connectivity index (χ0) is 19.6. The van der Waals surface area contributed by atoms with Crippen molar-refractivity contribution < 1.29 is 0 Å². The van der Waals surface area contributed by atoms with Crippen molar-refractivity contribution in [3.05, 3.63) is 95.7 Å². The van der Waals surface area contributed by atoms with Crippen molar-refractivity contribution in [3.63, 3.8) is 0 Å². The number of benzene rings is 3. The minimum atomic E-state index is 1.03. The quantitative estimate of drug-likeness (QED) is 0.468. The Labute approximate surface area is 172 Å². The fraction of sp³-hybridized carbons (Fsp3) is 0.192. The molecular formula is C26H25N3. The van der Waals surface area contributed by atoms with Crippen LogP contribution in [0.25, 0.3) is 10.9 Å². The standard InChI is InChI=1S/C26H25N3/c1-19-23-15-17-29(16-14-20-8-4-2-5-9-20)26(23)24-18-22(12-13-25(24)27-19)28-21-10-6-3-7-11-21/h2-13,18,28H,14-17H2,1H3. The molecule has 0 spiro atoms. The first-order chi connectivity index (χ1) is 14.3. The third kappa shape index (κ3) is 3.56. The highest BCUT2D eigenvalue weighted by atomic mass is 15.1. The summed E-state index contributed by atoms with van der Waals surface area (Å²) >= 11 is 0. The summed E-state index contributed by atoms with van der Waals surface area (Å²) in [7, 11) is 0. The van der Waals surface area contributed by atoms with Crippen molar-refractivity contribution >= 4 is 28.0 Å². The first-order valence-corrected chi connectivity index (χ1v) is 10.3. The van der Waals surface area contributed by atoms with Crippen LogP contribution in [0.3, 0.4) is 0 Å². The number of aryl methyl sites for hydroxylation is 1. The summed E-state index contributed by atoms with van der Waals surface area (Å²) in [5.74, 6) is 0. The molecule has 0 bridgehead atoms. The molecule has 3 aromatic carbocycles. The Bertz CT molecular complexity index is 1140. The van der Waals surface area contributed by atoms with Crippen LogP contribution in [0.1, 0.15) is 16.8 Å². The fourth-order valence-electron chi connectivity index (χ4n) is 4.32. The molecule has 144 valence electrons. The highest BCUT2D eigenvalue weighted by Crippen LogP contribution is 2.38. The van der Waals surface area contributed by atoms with Crippen molar-refractivity contribution in [2.45, 2.75) is 19.8 Å². The number of hydrogen-bond acceptors (Lipinski definition) is 3. The molecule has 0 fully saturated rings. The van der Waals surface area contributed by atoms with E-state index in [9.17, 15) is 0 Å². The Kier molecular flexibility index (Phi) is 4.65. The summed E-state index contributed by atoms with van der Waals surface area (Å²) < 4.78 is 0. The van der Waals surface area contributed by atoms with Crippen molar-refractivity contribution in [3.8, 4) is 0 Å². The number of nitrogens with one attached hydrogen (secondary N) is 1. The number of aromatic nitrogens is 1. The average molecular weight is 380 g/mol. The monoisotopic (exact) mass is 379 g/mol. The molecule has 0 atom stereocenters. The van der Waals surface area contributed by atoms with Crippen LogP contribution in [0.15, 0.2) is 78.9 Å². The number of para-hydroxylation sites is 1.